The van der Waals surface area contributed by atoms with Crippen LogP contribution >= 0.6 is 0 Å². The second-order valence-electron chi connectivity index (χ2n) is 6.26. The SMILES string of the molecule is CCN1C(CC[C@H](C(N)=O)[C@@H](C)O)CCC12CCC2=O. The highest BCUT2D eigenvalue weighted by Crippen LogP contribution is 2.46. The molecule has 0 aromatic carbocycles. The van der Waals surface area contributed by atoms with Crippen LogP contribution < -0.4 is 5.73 Å². The van der Waals surface area contributed by atoms with Gasteiger partial charge in [0.15, 0.2) is 5.78 Å². The first-order chi connectivity index (χ1) is 9.42. The molecule has 2 rings (SSSR count). The number of carbonyl (C=O) groups excluding carboxylic acids is 2. The molecule has 4 atom stereocenters. The first kappa shape index (κ1) is 15.4. The molecule has 2 fully saturated rings. The van der Waals surface area contributed by atoms with E-state index in [4.69, 9.17) is 5.73 Å². The Morgan fingerprint density at radius 3 is 2.65 bits per heavy atom. The highest BCUT2D eigenvalue weighted by molar-refractivity contribution is 5.94. The number of hydrogen-bond donors (Lipinski definition) is 2. The Morgan fingerprint density at radius 1 is 1.55 bits per heavy atom. The number of ketones is 1. The second-order valence-corrected chi connectivity index (χ2v) is 6.26. The average Bonchev–Trinajstić information content (AvgIpc) is 2.77. The molecule has 1 saturated heterocycles. The maximum Gasteiger partial charge on any atom is 0.223 e. The van der Waals surface area contributed by atoms with Crippen molar-refractivity contribution in [2.75, 3.05) is 6.54 Å². The molecule has 0 radical (unpaired) electrons. The van der Waals surface area contributed by atoms with Crippen molar-refractivity contribution in [1.82, 2.24) is 4.90 Å². The summed E-state index contributed by atoms with van der Waals surface area (Å²) in [6.45, 7) is 4.57. The molecular formula is C15H26N2O3. The third-order valence-electron chi connectivity index (χ3n) is 5.27. The standard InChI is InChI=1S/C15H26N2O3/c1-3-17-11(4-5-12(10(2)18)14(16)20)6-8-15(17)9-7-13(15)19/h10-12,18H,3-9H2,1-2H3,(H2,16,20)/t10-,11?,12+,15?/m1/s1. The van der Waals surface area contributed by atoms with E-state index in [1.165, 1.54) is 0 Å². The number of carbonyl (C=O) groups is 2. The van der Waals surface area contributed by atoms with E-state index in [2.05, 4.69) is 11.8 Å². The van der Waals surface area contributed by atoms with Gasteiger partial charge in [0.05, 0.1) is 17.6 Å². The molecule has 1 heterocycles. The molecule has 0 aromatic heterocycles. The minimum atomic E-state index is -0.705. The first-order valence-electron chi connectivity index (χ1n) is 7.70. The zero-order valence-corrected chi connectivity index (χ0v) is 12.5. The third kappa shape index (κ3) is 2.49. The lowest BCUT2D eigenvalue weighted by Crippen LogP contribution is -2.59. The summed E-state index contributed by atoms with van der Waals surface area (Å²) in [5.74, 6) is -0.540. The number of nitrogens with zero attached hydrogens (tertiary/aromatic N) is 1. The fourth-order valence-electron chi connectivity index (χ4n) is 3.99. The third-order valence-corrected chi connectivity index (χ3v) is 5.27. The van der Waals surface area contributed by atoms with Crippen LogP contribution in [-0.4, -0.2) is 45.9 Å². The lowest BCUT2D eigenvalue weighted by Gasteiger charge is -2.45. The number of aliphatic hydroxyl groups excluding tert-OH is 1. The summed E-state index contributed by atoms with van der Waals surface area (Å²) in [6, 6.07) is 0.338. The quantitative estimate of drug-likeness (QED) is 0.756. The van der Waals surface area contributed by atoms with Crippen LogP contribution in [0, 0.1) is 5.92 Å². The molecule has 5 heteroatoms. The van der Waals surface area contributed by atoms with Crippen molar-refractivity contribution < 1.29 is 14.7 Å². The van der Waals surface area contributed by atoms with Gasteiger partial charge in [0.2, 0.25) is 5.91 Å². The van der Waals surface area contributed by atoms with Gasteiger partial charge in [-0.3, -0.25) is 14.5 Å². The van der Waals surface area contributed by atoms with Crippen LogP contribution in [0.2, 0.25) is 0 Å². The van der Waals surface area contributed by atoms with Gasteiger partial charge in [-0.2, -0.15) is 0 Å². The molecule has 114 valence electrons. The van der Waals surface area contributed by atoms with Crippen molar-refractivity contribution in [1.29, 1.82) is 0 Å². The molecular weight excluding hydrogens is 256 g/mol. The highest BCUT2D eigenvalue weighted by atomic mass is 16.3. The van der Waals surface area contributed by atoms with Gasteiger partial charge < -0.3 is 10.8 Å². The van der Waals surface area contributed by atoms with Crippen molar-refractivity contribution in [2.24, 2.45) is 11.7 Å². The van der Waals surface area contributed by atoms with E-state index >= 15 is 0 Å². The van der Waals surface area contributed by atoms with E-state index in [0.717, 1.165) is 32.2 Å². The van der Waals surface area contributed by atoms with Crippen LogP contribution in [0.25, 0.3) is 0 Å². The molecule has 2 unspecified atom stereocenters. The van der Waals surface area contributed by atoms with E-state index in [0.29, 0.717) is 24.7 Å². The Labute approximate surface area is 120 Å². The molecule has 1 aliphatic heterocycles. The van der Waals surface area contributed by atoms with Gasteiger partial charge in [-0.05, 0) is 45.6 Å². The molecule has 1 spiro atoms. The van der Waals surface area contributed by atoms with Crippen LogP contribution in [-0.2, 0) is 9.59 Å². The number of hydrogen-bond acceptors (Lipinski definition) is 4. The molecule has 1 saturated carbocycles. The monoisotopic (exact) mass is 282 g/mol. The summed E-state index contributed by atoms with van der Waals surface area (Å²) < 4.78 is 0. The molecule has 1 aliphatic carbocycles. The summed E-state index contributed by atoms with van der Waals surface area (Å²) in [4.78, 5) is 25.6. The Balaban J connectivity index is 1.97. The average molecular weight is 282 g/mol. The Morgan fingerprint density at radius 2 is 2.25 bits per heavy atom. The van der Waals surface area contributed by atoms with E-state index < -0.39 is 17.9 Å². The maximum absolute atomic E-state index is 12.0. The number of Topliss-reactive ketones (excluding diaryl/α,β-unsaturated/α-hetero) is 1. The van der Waals surface area contributed by atoms with Crippen LogP contribution in [0.4, 0.5) is 0 Å². The lowest BCUT2D eigenvalue weighted by atomic mass is 9.73. The zero-order valence-electron chi connectivity index (χ0n) is 12.5. The molecule has 5 nitrogen and oxygen atoms in total. The Kier molecular flexibility index (Phi) is 4.49. The number of nitrogens with two attached hydrogens (primary N) is 1. The highest BCUT2D eigenvalue weighted by Gasteiger charge is 2.55. The van der Waals surface area contributed by atoms with Gasteiger partial charge in [0.1, 0.15) is 0 Å². The van der Waals surface area contributed by atoms with Gasteiger partial charge in [-0.25, -0.2) is 0 Å². The second kappa shape index (κ2) is 5.82. The van der Waals surface area contributed by atoms with Crippen LogP contribution in [0.3, 0.4) is 0 Å². The van der Waals surface area contributed by atoms with Crippen LogP contribution in [0.15, 0.2) is 0 Å². The van der Waals surface area contributed by atoms with Gasteiger partial charge in [-0.1, -0.05) is 6.92 Å². The lowest BCUT2D eigenvalue weighted by molar-refractivity contribution is -0.140. The summed E-state index contributed by atoms with van der Waals surface area (Å²) in [6.07, 6.45) is 4.35. The molecule has 2 aliphatic rings. The number of rotatable bonds is 6. The van der Waals surface area contributed by atoms with Crippen molar-refractivity contribution in [3.63, 3.8) is 0 Å². The van der Waals surface area contributed by atoms with Gasteiger partial charge in [-0.15, -0.1) is 0 Å². The van der Waals surface area contributed by atoms with Gasteiger partial charge in [0, 0.05) is 12.5 Å². The Bertz CT molecular complexity index is 397. The number of amides is 1. The molecule has 0 bridgehead atoms. The summed E-state index contributed by atoms with van der Waals surface area (Å²) in [5.41, 5.74) is 5.13. The Hall–Kier alpha value is -0.940. The van der Waals surface area contributed by atoms with Gasteiger partial charge in [0.25, 0.3) is 0 Å². The predicted octanol–water partition coefficient (Wildman–Crippen LogP) is 0.835. The fraction of sp³-hybridized carbons (Fsp3) is 0.867. The first-order valence-corrected chi connectivity index (χ1v) is 7.70. The smallest absolute Gasteiger partial charge is 0.223 e. The minimum absolute atomic E-state index is 0.202. The van der Waals surface area contributed by atoms with E-state index in [1.807, 2.05) is 0 Å². The van der Waals surface area contributed by atoms with Gasteiger partial charge >= 0.3 is 0 Å². The van der Waals surface area contributed by atoms with Crippen LogP contribution in [0.1, 0.15) is 52.4 Å². The normalized spacial score (nSPS) is 33.1. The maximum atomic E-state index is 12.0. The fourth-order valence-corrected chi connectivity index (χ4v) is 3.99. The largest absolute Gasteiger partial charge is 0.393 e. The van der Waals surface area contributed by atoms with E-state index in [1.54, 1.807) is 6.92 Å². The number of primary amides is 1. The van der Waals surface area contributed by atoms with E-state index in [9.17, 15) is 14.7 Å². The van der Waals surface area contributed by atoms with Crippen molar-refractivity contribution in [3.8, 4) is 0 Å². The molecule has 3 N–H and O–H groups in total. The summed E-state index contributed by atoms with van der Waals surface area (Å²) in [7, 11) is 0. The molecule has 0 aromatic rings. The number of aliphatic hydroxyl groups is 1. The van der Waals surface area contributed by atoms with E-state index in [-0.39, 0.29) is 5.54 Å². The minimum Gasteiger partial charge on any atom is -0.393 e. The summed E-state index contributed by atoms with van der Waals surface area (Å²) in [5, 5.41) is 9.61. The number of likely N-dealkylation sites (N-methyl/N-ethyl adjacent to an activating group) is 1. The zero-order chi connectivity index (χ0) is 14.9. The van der Waals surface area contributed by atoms with Crippen molar-refractivity contribution in [2.45, 2.75) is 70.1 Å². The molecule has 1 amide bonds. The topological polar surface area (TPSA) is 83.6 Å². The van der Waals surface area contributed by atoms with Crippen molar-refractivity contribution >= 4 is 11.7 Å². The van der Waals surface area contributed by atoms with Crippen molar-refractivity contribution in [3.05, 3.63) is 0 Å². The number of likely N-dealkylation sites (tertiary alicyclic amines) is 1. The molecule has 20 heavy (non-hydrogen) atoms. The predicted molar refractivity (Wildman–Crippen MR) is 76.0 cm³/mol. The van der Waals surface area contributed by atoms with Crippen LogP contribution in [0.5, 0.6) is 0 Å². The summed E-state index contributed by atoms with van der Waals surface area (Å²) >= 11 is 0.